The van der Waals surface area contributed by atoms with E-state index in [2.05, 4.69) is 6.58 Å². The second kappa shape index (κ2) is 6.53. The molecule has 3 aromatic carbocycles. The Bertz CT molecular complexity index is 838. The van der Waals surface area contributed by atoms with Crippen LogP contribution in [0.2, 0.25) is 0 Å². The van der Waals surface area contributed by atoms with Gasteiger partial charge in [0.2, 0.25) is 0 Å². The maximum Gasteiger partial charge on any atom is 0.138 e. The molecule has 0 bridgehead atoms. The van der Waals surface area contributed by atoms with Crippen molar-refractivity contribution in [2.24, 2.45) is 0 Å². The van der Waals surface area contributed by atoms with E-state index >= 15 is 0 Å². The monoisotopic (exact) mass is 308 g/mol. The number of halogens is 1. The molecule has 0 aliphatic heterocycles. The molecule has 0 unspecified atom stereocenters. The lowest BCUT2D eigenvalue weighted by atomic mass is 10.00. The predicted molar refractivity (Wildman–Crippen MR) is 91.6 cm³/mol. The Hall–Kier alpha value is -2.81. The fraction of sp³-hybridized carbons (Fsp3) is 0.100. The van der Waals surface area contributed by atoms with E-state index in [1.54, 1.807) is 31.4 Å². The standard InChI is InChI=1S/C20H17FO2/c1-3-12-23-16-7-4-14(5-8-16)18-10-6-15-13-17(22-2)9-11-19(15)20(18)21/h3-11,13H,1,12H2,2H3. The van der Waals surface area contributed by atoms with E-state index < -0.39 is 0 Å². The van der Waals surface area contributed by atoms with Crippen molar-refractivity contribution in [2.45, 2.75) is 0 Å². The van der Waals surface area contributed by atoms with E-state index in [1.807, 2.05) is 36.4 Å². The summed E-state index contributed by atoms with van der Waals surface area (Å²) in [6.07, 6.45) is 1.69. The van der Waals surface area contributed by atoms with Gasteiger partial charge in [-0.15, -0.1) is 0 Å². The second-order valence-corrected chi connectivity index (χ2v) is 5.14. The summed E-state index contributed by atoms with van der Waals surface area (Å²) in [5.41, 5.74) is 1.38. The van der Waals surface area contributed by atoms with Crippen LogP contribution in [0.4, 0.5) is 4.39 Å². The fourth-order valence-electron chi connectivity index (χ4n) is 2.51. The number of rotatable bonds is 5. The van der Waals surface area contributed by atoms with Gasteiger partial charge in [0.25, 0.3) is 0 Å². The highest BCUT2D eigenvalue weighted by molar-refractivity contribution is 5.89. The number of methoxy groups -OCH3 is 1. The Kier molecular flexibility index (Phi) is 4.29. The molecule has 0 amide bonds. The first kappa shape index (κ1) is 15.1. The van der Waals surface area contributed by atoms with E-state index in [1.165, 1.54) is 0 Å². The molecule has 0 atom stereocenters. The minimum Gasteiger partial charge on any atom is -0.497 e. The van der Waals surface area contributed by atoms with Crippen LogP contribution in [0.1, 0.15) is 0 Å². The average Bonchev–Trinajstić information content (AvgIpc) is 2.60. The van der Waals surface area contributed by atoms with Crippen molar-refractivity contribution in [3.05, 3.63) is 73.1 Å². The van der Waals surface area contributed by atoms with Gasteiger partial charge in [-0.05, 0) is 41.3 Å². The van der Waals surface area contributed by atoms with Crippen molar-refractivity contribution < 1.29 is 13.9 Å². The smallest absolute Gasteiger partial charge is 0.138 e. The first-order valence-electron chi connectivity index (χ1n) is 7.33. The normalized spacial score (nSPS) is 10.5. The topological polar surface area (TPSA) is 18.5 Å². The maximum absolute atomic E-state index is 14.8. The Labute approximate surface area is 134 Å². The summed E-state index contributed by atoms with van der Waals surface area (Å²) >= 11 is 0. The molecule has 3 heteroatoms. The Balaban J connectivity index is 1.99. The van der Waals surface area contributed by atoms with Crippen LogP contribution in [0, 0.1) is 5.82 Å². The molecule has 23 heavy (non-hydrogen) atoms. The van der Waals surface area contributed by atoms with E-state index in [0.717, 1.165) is 16.7 Å². The molecule has 0 heterocycles. The average molecular weight is 308 g/mol. The second-order valence-electron chi connectivity index (χ2n) is 5.14. The summed E-state index contributed by atoms with van der Waals surface area (Å²) in [6.45, 7) is 4.06. The molecule has 0 fully saturated rings. The van der Waals surface area contributed by atoms with Crippen LogP contribution in [-0.2, 0) is 0 Å². The van der Waals surface area contributed by atoms with Crippen LogP contribution >= 0.6 is 0 Å². The molecule has 0 spiro atoms. The van der Waals surface area contributed by atoms with Crippen molar-refractivity contribution >= 4 is 10.8 Å². The van der Waals surface area contributed by atoms with Gasteiger partial charge < -0.3 is 9.47 Å². The van der Waals surface area contributed by atoms with Crippen molar-refractivity contribution in [3.8, 4) is 22.6 Å². The van der Waals surface area contributed by atoms with Crippen molar-refractivity contribution in [2.75, 3.05) is 13.7 Å². The zero-order chi connectivity index (χ0) is 16.2. The van der Waals surface area contributed by atoms with Gasteiger partial charge in [-0.2, -0.15) is 0 Å². The molecule has 116 valence electrons. The molecule has 3 aromatic rings. The summed E-state index contributed by atoms with van der Waals surface area (Å²) in [4.78, 5) is 0. The predicted octanol–water partition coefficient (Wildman–Crippen LogP) is 5.22. The molecule has 0 saturated heterocycles. The van der Waals surface area contributed by atoms with Crippen LogP contribution in [0.25, 0.3) is 21.9 Å². The van der Waals surface area contributed by atoms with E-state index in [-0.39, 0.29) is 5.82 Å². The zero-order valence-corrected chi connectivity index (χ0v) is 12.9. The lowest BCUT2D eigenvalue weighted by molar-refractivity contribution is 0.363. The quantitative estimate of drug-likeness (QED) is 0.602. The Morgan fingerprint density at radius 1 is 1.00 bits per heavy atom. The van der Waals surface area contributed by atoms with E-state index in [4.69, 9.17) is 9.47 Å². The van der Waals surface area contributed by atoms with Crippen LogP contribution < -0.4 is 9.47 Å². The molecular weight excluding hydrogens is 291 g/mol. The summed E-state index contributed by atoms with van der Waals surface area (Å²) in [7, 11) is 1.60. The minimum atomic E-state index is -0.232. The SMILES string of the molecule is C=CCOc1ccc(-c2ccc3cc(OC)ccc3c2F)cc1. The van der Waals surface area contributed by atoms with Crippen LogP contribution in [0.3, 0.4) is 0 Å². The highest BCUT2D eigenvalue weighted by Gasteiger charge is 2.10. The number of ether oxygens (including phenoxy) is 2. The first-order valence-corrected chi connectivity index (χ1v) is 7.33. The van der Waals surface area contributed by atoms with Gasteiger partial charge >= 0.3 is 0 Å². The Morgan fingerprint density at radius 3 is 2.43 bits per heavy atom. The van der Waals surface area contributed by atoms with Crippen LogP contribution in [0.5, 0.6) is 11.5 Å². The third-order valence-corrected chi connectivity index (χ3v) is 3.69. The largest absolute Gasteiger partial charge is 0.497 e. The van der Waals surface area contributed by atoms with Crippen molar-refractivity contribution in [3.63, 3.8) is 0 Å². The molecule has 0 radical (unpaired) electrons. The van der Waals surface area contributed by atoms with Gasteiger partial charge in [-0.25, -0.2) is 4.39 Å². The number of hydrogen-bond donors (Lipinski definition) is 0. The molecule has 3 rings (SSSR count). The molecule has 0 saturated carbocycles. The zero-order valence-electron chi connectivity index (χ0n) is 12.9. The highest BCUT2D eigenvalue weighted by atomic mass is 19.1. The Morgan fingerprint density at radius 2 is 1.74 bits per heavy atom. The number of fused-ring (bicyclic) bond motifs is 1. The maximum atomic E-state index is 14.8. The molecule has 0 aliphatic carbocycles. The van der Waals surface area contributed by atoms with Gasteiger partial charge in [0, 0.05) is 10.9 Å². The molecular formula is C20H17FO2. The molecule has 2 nitrogen and oxygen atoms in total. The van der Waals surface area contributed by atoms with Crippen molar-refractivity contribution in [1.29, 1.82) is 0 Å². The fourth-order valence-corrected chi connectivity index (χ4v) is 2.51. The lowest BCUT2D eigenvalue weighted by Crippen LogP contribution is -1.93. The minimum absolute atomic E-state index is 0.232. The summed E-state index contributed by atoms with van der Waals surface area (Å²) in [6, 6.07) is 16.4. The molecule has 0 N–H and O–H groups in total. The molecule has 0 aromatic heterocycles. The van der Waals surface area contributed by atoms with Gasteiger partial charge in [-0.3, -0.25) is 0 Å². The van der Waals surface area contributed by atoms with Gasteiger partial charge in [0.15, 0.2) is 0 Å². The third kappa shape index (κ3) is 3.04. The number of benzene rings is 3. The number of hydrogen-bond acceptors (Lipinski definition) is 2. The van der Waals surface area contributed by atoms with E-state index in [0.29, 0.717) is 23.3 Å². The van der Waals surface area contributed by atoms with Crippen molar-refractivity contribution in [1.82, 2.24) is 0 Å². The first-order chi connectivity index (χ1) is 11.2. The van der Waals surface area contributed by atoms with Crippen LogP contribution in [-0.4, -0.2) is 13.7 Å². The summed E-state index contributed by atoms with van der Waals surface area (Å²) in [5, 5.41) is 1.40. The summed E-state index contributed by atoms with van der Waals surface area (Å²) in [5.74, 6) is 1.22. The van der Waals surface area contributed by atoms with Gasteiger partial charge in [-0.1, -0.05) is 36.9 Å². The van der Waals surface area contributed by atoms with Gasteiger partial charge in [0.05, 0.1) is 7.11 Å². The van der Waals surface area contributed by atoms with Crippen LogP contribution in [0.15, 0.2) is 67.3 Å². The van der Waals surface area contributed by atoms with E-state index in [9.17, 15) is 4.39 Å². The summed E-state index contributed by atoms with van der Waals surface area (Å²) < 4.78 is 25.4. The third-order valence-electron chi connectivity index (χ3n) is 3.69. The van der Waals surface area contributed by atoms with Gasteiger partial charge in [0.1, 0.15) is 23.9 Å². The highest BCUT2D eigenvalue weighted by Crippen LogP contribution is 2.31. The lowest BCUT2D eigenvalue weighted by Gasteiger charge is -2.09. The molecule has 0 aliphatic rings.